The molecule has 0 aliphatic heterocycles. The molecule has 0 aliphatic carbocycles. The highest BCUT2D eigenvalue weighted by molar-refractivity contribution is 5.76. The molecule has 0 saturated heterocycles. The Labute approximate surface area is 115 Å². The first-order chi connectivity index (χ1) is 8.99. The average Bonchev–Trinajstić information content (AvgIpc) is 2.37. The molecule has 0 aliphatic rings. The summed E-state index contributed by atoms with van der Waals surface area (Å²) < 4.78 is 4.82. The van der Waals surface area contributed by atoms with E-state index in [9.17, 15) is 4.79 Å². The summed E-state index contributed by atoms with van der Waals surface area (Å²) in [6.45, 7) is 7.46. The number of hydrogen-bond donors (Lipinski definition) is 1. The lowest BCUT2D eigenvalue weighted by Gasteiger charge is -2.26. The van der Waals surface area contributed by atoms with Crippen LogP contribution in [-0.4, -0.2) is 39.3 Å². The first-order valence-corrected chi connectivity index (χ1v) is 6.59. The van der Waals surface area contributed by atoms with Gasteiger partial charge in [-0.05, 0) is 32.0 Å². The molecular formula is C15H24N2O2. The molecule has 0 spiro atoms. The summed E-state index contributed by atoms with van der Waals surface area (Å²) in [6.07, 6.45) is 0. The zero-order chi connectivity index (χ0) is 14.4. The van der Waals surface area contributed by atoms with Crippen molar-refractivity contribution in [2.45, 2.75) is 26.8 Å². The van der Waals surface area contributed by atoms with E-state index in [1.165, 1.54) is 18.2 Å². The number of carbonyl (C=O) groups excluding carboxylic acids is 1. The van der Waals surface area contributed by atoms with Crippen molar-refractivity contribution < 1.29 is 9.53 Å². The summed E-state index contributed by atoms with van der Waals surface area (Å²) in [5.41, 5.74) is 3.59. The molecule has 1 aromatic rings. The molecule has 0 saturated carbocycles. The van der Waals surface area contributed by atoms with Crippen LogP contribution in [0, 0.1) is 13.8 Å². The van der Waals surface area contributed by atoms with Crippen molar-refractivity contribution in [2.75, 3.05) is 32.1 Å². The highest BCUT2D eigenvalue weighted by atomic mass is 16.5. The first-order valence-electron chi connectivity index (χ1n) is 6.59. The Morgan fingerprint density at radius 2 is 2.11 bits per heavy atom. The topological polar surface area (TPSA) is 41.6 Å². The molecule has 0 heterocycles. The number of rotatable bonds is 6. The second kappa shape index (κ2) is 7.14. The Morgan fingerprint density at radius 3 is 2.63 bits per heavy atom. The standard InChI is InChI=1S/C15H24N2O2/c1-6-16-13(15(18)19-5)10-17(4)14-8-7-11(2)9-12(14)3/h7-9,13,16H,6,10H2,1-5H3. The quantitative estimate of drug-likeness (QED) is 0.797. The molecule has 0 aromatic heterocycles. The number of ether oxygens (including phenoxy) is 1. The van der Waals surface area contributed by atoms with Gasteiger partial charge >= 0.3 is 5.97 Å². The van der Waals surface area contributed by atoms with E-state index >= 15 is 0 Å². The normalized spacial score (nSPS) is 12.1. The number of nitrogens with one attached hydrogen (secondary N) is 1. The van der Waals surface area contributed by atoms with Crippen LogP contribution in [-0.2, 0) is 9.53 Å². The first kappa shape index (κ1) is 15.5. The lowest BCUT2D eigenvalue weighted by molar-refractivity contribution is -0.142. The fourth-order valence-electron chi connectivity index (χ4n) is 2.22. The van der Waals surface area contributed by atoms with Gasteiger partial charge in [-0.3, -0.25) is 4.79 Å². The van der Waals surface area contributed by atoms with Crippen LogP contribution < -0.4 is 10.2 Å². The number of esters is 1. The smallest absolute Gasteiger partial charge is 0.324 e. The zero-order valence-electron chi connectivity index (χ0n) is 12.5. The van der Waals surface area contributed by atoms with Crippen molar-refractivity contribution in [2.24, 2.45) is 0 Å². The Kier molecular flexibility index (Phi) is 5.83. The van der Waals surface area contributed by atoms with Gasteiger partial charge in [0.15, 0.2) is 0 Å². The molecule has 0 fully saturated rings. The van der Waals surface area contributed by atoms with Crippen molar-refractivity contribution in [1.82, 2.24) is 5.32 Å². The molecule has 1 aromatic carbocycles. The predicted molar refractivity (Wildman–Crippen MR) is 78.7 cm³/mol. The van der Waals surface area contributed by atoms with Crippen LogP contribution in [0.2, 0.25) is 0 Å². The van der Waals surface area contributed by atoms with Crippen molar-refractivity contribution in [1.29, 1.82) is 0 Å². The number of carbonyl (C=O) groups is 1. The zero-order valence-corrected chi connectivity index (χ0v) is 12.5. The van der Waals surface area contributed by atoms with Gasteiger partial charge in [0.25, 0.3) is 0 Å². The highest BCUT2D eigenvalue weighted by Gasteiger charge is 2.20. The molecule has 106 valence electrons. The van der Waals surface area contributed by atoms with Crippen molar-refractivity contribution in [3.8, 4) is 0 Å². The van der Waals surface area contributed by atoms with Crippen LogP contribution in [0.3, 0.4) is 0 Å². The van der Waals surface area contributed by atoms with Crippen molar-refractivity contribution in [3.05, 3.63) is 29.3 Å². The van der Waals surface area contributed by atoms with E-state index in [1.54, 1.807) is 0 Å². The number of likely N-dealkylation sites (N-methyl/N-ethyl adjacent to an activating group) is 2. The van der Waals surface area contributed by atoms with Gasteiger partial charge in [0.05, 0.1) is 7.11 Å². The summed E-state index contributed by atoms with van der Waals surface area (Å²) in [5.74, 6) is -0.224. The maximum Gasteiger partial charge on any atom is 0.324 e. The molecule has 0 radical (unpaired) electrons. The van der Waals surface area contributed by atoms with Gasteiger partial charge < -0.3 is 15.0 Å². The second-order valence-corrected chi connectivity index (χ2v) is 4.80. The number of aryl methyl sites for hydroxylation is 2. The fraction of sp³-hybridized carbons (Fsp3) is 0.533. The lowest BCUT2D eigenvalue weighted by Crippen LogP contribution is -2.45. The third kappa shape index (κ3) is 4.24. The molecule has 1 unspecified atom stereocenters. The molecular weight excluding hydrogens is 240 g/mol. The molecule has 4 nitrogen and oxygen atoms in total. The minimum atomic E-state index is -0.305. The summed E-state index contributed by atoms with van der Waals surface area (Å²) in [7, 11) is 3.41. The minimum Gasteiger partial charge on any atom is -0.468 e. The molecule has 1 N–H and O–H groups in total. The third-order valence-corrected chi connectivity index (χ3v) is 3.16. The number of hydrogen-bond acceptors (Lipinski definition) is 4. The van der Waals surface area contributed by atoms with E-state index in [4.69, 9.17) is 4.74 Å². The summed E-state index contributed by atoms with van der Waals surface area (Å²) in [4.78, 5) is 13.8. The minimum absolute atomic E-state index is 0.224. The van der Waals surface area contributed by atoms with E-state index in [2.05, 4.69) is 42.3 Å². The largest absolute Gasteiger partial charge is 0.468 e. The van der Waals surface area contributed by atoms with Crippen LogP contribution in [0.5, 0.6) is 0 Å². The van der Waals surface area contributed by atoms with Crippen LogP contribution in [0.25, 0.3) is 0 Å². The highest BCUT2D eigenvalue weighted by Crippen LogP contribution is 2.20. The second-order valence-electron chi connectivity index (χ2n) is 4.80. The summed E-state index contributed by atoms with van der Waals surface area (Å²) in [6, 6.07) is 6.01. The molecule has 0 amide bonds. The van der Waals surface area contributed by atoms with E-state index in [0.717, 1.165) is 12.2 Å². The summed E-state index contributed by atoms with van der Waals surface area (Å²) in [5, 5.41) is 3.15. The van der Waals surface area contributed by atoms with Gasteiger partial charge in [0, 0.05) is 19.3 Å². The van der Waals surface area contributed by atoms with E-state index < -0.39 is 0 Å². The number of benzene rings is 1. The Morgan fingerprint density at radius 1 is 1.42 bits per heavy atom. The summed E-state index contributed by atoms with van der Waals surface area (Å²) >= 11 is 0. The molecule has 19 heavy (non-hydrogen) atoms. The Hall–Kier alpha value is -1.55. The predicted octanol–water partition coefficient (Wildman–Crippen LogP) is 1.89. The van der Waals surface area contributed by atoms with Crippen LogP contribution >= 0.6 is 0 Å². The van der Waals surface area contributed by atoms with Crippen molar-refractivity contribution in [3.63, 3.8) is 0 Å². The van der Waals surface area contributed by atoms with Crippen LogP contribution in [0.1, 0.15) is 18.1 Å². The Bertz CT molecular complexity index is 432. The molecule has 1 rings (SSSR count). The van der Waals surface area contributed by atoms with Gasteiger partial charge in [-0.15, -0.1) is 0 Å². The SMILES string of the molecule is CCNC(CN(C)c1ccc(C)cc1C)C(=O)OC. The maximum atomic E-state index is 11.7. The van der Waals surface area contributed by atoms with E-state index in [0.29, 0.717) is 6.54 Å². The van der Waals surface area contributed by atoms with Crippen LogP contribution in [0.4, 0.5) is 5.69 Å². The van der Waals surface area contributed by atoms with Gasteiger partial charge in [0.1, 0.15) is 6.04 Å². The average molecular weight is 264 g/mol. The number of methoxy groups -OCH3 is 1. The Balaban J connectivity index is 2.81. The van der Waals surface area contributed by atoms with Gasteiger partial charge in [-0.2, -0.15) is 0 Å². The molecule has 4 heteroatoms. The molecule has 0 bridgehead atoms. The monoisotopic (exact) mass is 264 g/mol. The van der Waals surface area contributed by atoms with E-state index in [-0.39, 0.29) is 12.0 Å². The van der Waals surface area contributed by atoms with Crippen LogP contribution in [0.15, 0.2) is 18.2 Å². The van der Waals surface area contributed by atoms with Gasteiger partial charge in [-0.25, -0.2) is 0 Å². The van der Waals surface area contributed by atoms with Crippen molar-refractivity contribution >= 4 is 11.7 Å². The maximum absolute atomic E-state index is 11.7. The molecule has 1 atom stereocenters. The number of anilines is 1. The van der Waals surface area contributed by atoms with E-state index in [1.807, 2.05) is 14.0 Å². The van der Waals surface area contributed by atoms with Gasteiger partial charge in [-0.1, -0.05) is 24.6 Å². The third-order valence-electron chi connectivity index (χ3n) is 3.16. The number of nitrogens with zero attached hydrogens (tertiary/aromatic N) is 1. The van der Waals surface area contributed by atoms with Gasteiger partial charge in [0.2, 0.25) is 0 Å². The fourth-order valence-corrected chi connectivity index (χ4v) is 2.22. The lowest BCUT2D eigenvalue weighted by atomic mass is 10.1.